The number of aliphatic imine (C=N–C) groups is 1. The Bertz CT molecular complexity index is 613. The fourth-order valence-corrected chi connectivity index (χ4v) is 2.95. The fourth-order valence-electron chi connectivity index (χ4n) is 2.95. The first-order valence-electron chi connectivity index (χ1n) is 9.18. The number of hydrogen-bond acceptors (Lipinski definition) is 4. The quantitative estimate of drug-likeness (QED) is 0.540. The van der Waals surface area contributed by atoms with Crippen molar-refractivity contribution in [1.82, 2.24) is 15.5 Å². The van der Waals surface area contributed by atoms with Crippen LogP contribution in [0.1, 0.15) is 25.3 Å². The van der Waals surface area contributed by atoms with E-state index in [1.165, 1.54) is 0 Å². The molecule has 7 nitrogen and oxygen atoms in total. The number of methoxy groups -OCH3 is 2. The summed E-state index contributed by atoms with van der Waals surface area (Å²) in [6, 6.07) is 5.76. The first kappa shape index (κ1) is 19.9. The summed E-state index contributed by atoms with van der Waals surface area (Å²) in [6.07, 6.45) is 2.94. The first-order chi connectivity index (χ1) is 12.7. The molecule has 7 heteroatoms. The molecule has 1 heterocycles. The van der Waals surface area contributed by atoms with Gasteiger partial charge < -0.3 is 25.0 Å². The third kappa shape index (κ3) is 5.82. The Morgan fingerprint density at radius 2 is 1.96 bits per heavy atom. The fraction of sp³-hybridized carbons (Fsp3) is 0.579. The van der Waals surface area contributed by atoms with Crippen LogP contribution < -0.4 is 20.1 Å². The number of rotatable bonds is 8. The highest BCUT2D eigenvalue weighted by molar-refractivity contribution is 5.85. The predicted octanol–water partition coefficient (Wildman–Crippen LogP) is 1.42. The number of amides is 1. The minimum Gasteiger partial charge on any atom is -0.497 e. The van der Waals surface area contributed by atoms with E-state index in [9.17, 15) is 4.79 Å². The number of carbonyl (C=O) groups is 1. The number of nitrogens with one attached hydrogen (secondary N) is 2. The summed E-state index contributed by atoms with van der Waals surface area (Å²) in [4.78, 5) is 18.4. The maximum Gasteiger partial charge on any atom is 0.244 e. The molecule has 0 atom stereocenters. The van der Waals surface area contributed by atoms with Gasteiger partial charge >= 0.3 is 0 Å². The molecule has 0 spiro atoms. The highest BCUT2D eigenvalue weighted by Gasteiger charge is 2.17. The van der Waals surface area contributed by atoms with Crippen LogP contribution >= 0.6 is 0 Å². The molecular weight excluding hydrogens is 332 g/mol. The molecule has 0 aliphatic carbocycles. The Morgan fingerprint density at radius 3 is 2.62 bits per heavy atom. The van der Waals surface area contributed by atoms with Crippen LogP contribution in [0.15, 0.2) is 23.2 Å². The van der Waals surface area contributed by atoms with Gasteiger partial charge in [0.2, 0.25) is 5.91 Å². The lowest BCUT2D eigenvalue weighted by molar-refractivity contribution is -0.128. The van der Waals surface area contributed by atoms with Crippen LogP contribution in [0.4, 0.5) is 0 Å². The molecule has 144 valence electrons. The van der Waals surface area contributed by atoms with Gasteiger partial charge in [-0.3, -0.25) is 4.79 Å². The molecule has 2 rings (SSSR count). The molecule has 1 amide bonds. The van der Waals surface area contributed by atoms with Crippen LogP contribution in [0, 0.1) is 0 Å². The SMILES string of the molecule is CCNC(=NCC(=O)N1CCCC1)NCCc1cc(OC)ccc1OC. The molecule has 1 fully saturated rings. The number of likely N-dealkylation sites (tertiary alicyclic amines) is 1. The molecule has 0 aromatic heterocycles. The van der Waals surface area contributed by atoms with Gasteiger partial charge in [-0.2, -0.15) is 0 Å². The summed E-state index contributed by atoms with van der Waals surface area (Å²) >= 11 is 0. The van der Waals surface area contributed by atoms with Crippen LogP contribution in [0.25, 0.3) is 0 Å². The number of ether oxygens (including phenoxy) is 2. The second-order valence-electron chi connectivity index (χ2n) is 6.14. The third-order valence-electron chi connectivity index (χ3n) is 4.35. The van der Waals surface area contributed by atoms with Crippen LogP contribution in [0.5, 0.6) is 11.5 Å². The Balaban J connectivity index is 1.89. The lowest BCUT2D eigenvalue weighted by Crippen LogP contribution is -2.39. The Labute approximate surface area is 155 Å². The monoisotopic (exact) mass is 362 g/mol. The van der Waals surface area contributed by atoms with Crippen LogP contribution in [-0.2, 0) is 11.2 Å². The maximum absolute atomic E-state index is 12.1. The molecule has 0 bridgehead atoms. The summed E-state index contributed by atoms with van der Waals surface area (Å²) in [7, 11) is 3.31. The smallest absolute Gasteiger partial charge is 0.244 e. The van der Waals surface area contributed by atoms with E-state index < -0.39 is 0 Å². The Morgan fingerprint density at radius 1 is 1.19 bits per heavy atom. The lowest BCUT2D eigenvalue weighted by Gasteiger charge is -2.15. The summed E-state index contributed by atoms with van der Waals surface area (Å²) in [5, 5.41) is 6.45. The zero-order valence-corrected chi connectivity index (χ0v) is 16.0. The highest BCUT2D eigenvalue weighted by atomic mass is 16.5. The zero-order chi connectivity index (χ0) is 18.8. The number of guanidine groups is 1. The molecule has 0 radical (unpaired) electrons. The Kier molecular flexibility index (Phi) is 8.05. The van der Waals surface area contributed by atoms with Gasteiger partial charge in [-0.25, -0.2) is 4.99 Å². The largest absolute Gasteiger partial charge is 0.497 e. The minimum atomic E-state index is 0.0918. The van der Waals surface area contributed by atoms with Crippen molar-refractivity contribution in [3.05, 3.63) is 23.8 Å². The van der Waals surface area contributed by atoms with Crippen molar-refractivity contribution in [1.29, 1.82) is 0 Å². The predicted molar refractivity (Wildman–Crippen MR) is 103 cm³/mol. The van der Waals surface area contributed by atoms with Crippen molar-refractivity contribution in [2.24, 2.45) is 4.99 Å². The van der Waals surface area contributed by atoms with E-state index in [-0.39, 0.29) is 12.5 Å². The van der Waals surface area contributed by atoms with Crippen molar-refractivity contribution in [2.75, 3.05) is 46.9 Å². The summed E-state index contributed by atoms with van der Waals surface area (Å²) in [6.45, 7) is 5.31. The first-order valence-corrected chi connectivity index (χ1v) is 9.18. The maximum atomic E-state index is 12.1. The molecule has 26 heavy (non-hydrogen) atoms. The zero-order valence-electron chi connectivity index (χ0n) is 16.0. The van der Waals surface area contributed by atoms with Gasteiger partial charge in [0.1, 0.15) is 18.0 Å². The molecule has 0 saturated carbocycles. The second kappa shape index (κ2) is 10.5. The average Bonchev–Trinajstić information content (AvgIpc) is 3.20. The molecule has 0 unspecified atom stereocenters. The van der Waals surface area contributed by atoms with E-state index in [2.05, 4.69) is 15.6 Å². The molecule has 1 aromatic rings. The standard InChI is InChI=1S/C19H30N4O3/c1-4-20-19(22-14-18(24)23-11-5-6-12-23)21-10-9-15-13-16(25-2)7-8-17(15)26-3/h7-8,13H,4-6,9-12,14H2,1-3H3,(H2,20,21,22). The van der Waals surface area contributed by atoms with Gasteiger partial charge in [0.25, 0.3) is 0 Å². The third-order valence-corrected chi connectivity index (χ3v) is 4.35. The number of benzene rings is 1. The van der Waals surface area contributed by atoms with Gasteiger partial charge in [0.05, 0.1) is 14.2 Å². The Hall–Kier alpha value is -2.44. The van der Waals surface area contributed by atoms with E-state index in [0.29, 0.717) is 12.5 Å². The normalized spacial score (nSPS) is 14.3. The topological polar surface area (TPSA) is 75.2 Å². The summed E-state index contributed by atoms with van der Waals surface area (Å²) in [5.74, 6) is 2.38. The minimum absolute atomic E-state index is 0.0918. The van der Waals surface area contributed by atoms with Gasteiger partial charge in [-0.1, -0.05) is 0 Å². The van der Waals surface area contributed by atoms with Gasteiger partial charge in [0.15, 0.2) is 5.96 Å². The average molecular weight is 362 g/mol. The van der Waals surface area contributed by atoms with Gasteiger partial charge in [0, 0.05) is 26.2 Å². The molecule has 2 N–H and O–H groups in total. The summed E-state index contributed by atoms with van der Waals surface area (Å²) in [5.41, 5.74) is 1.06. The van der Waals surface area contributed by atoms with Crippen LogP contribution in [-0.4, -0.2) is 63.7 Å². The van der Waals surface area contributed by atoms with Gasteiger partial charge in [-0.15, -0.1) is 0 Å². The number of hydrogen-bond donors (Lipinski definition) is 2. The van der Waals surface area contributed by atoms with E-state index in [1.54, 1.807) is 14.2 Å². The van der Waals surface area contributed by atoms with Crippen molar-refractivity contribution in [2.45, 2.75) is 26.2 Å². The van der Waals surface area contributed by atoms with E-state index >= 15 is 0 Å². The molecule has 1 aliphatic rings. The van der Waals surface area contributed by atoms with Crippen LogP contribution in [0.2, 0.25) is 0 Å². The molecular formula is C19H30N4O3. The van der Waals surface area contributed by atoms with Gasteiger partial charge in [-0.05, 0) is 49.9 Å². The summed E-state index contributed by atoms with van der Waals surface area (Å²) < 4.78 is 10.7. The van der Waals surface area contributed by atoms with Crippen molar-refractivity contribution in [3.8, 4) is 11.5 Å². The highest BCUT2D eigenvalue weighted by Crippen LogP contribution is 2.24. The molecule has 1 aliphatic heterocycles. The lowest BCUT2D eigenvalue weighted by atomic mass is 10.1. The number of carbonyl (C=O) groups excluding carboxylic acids is 1. The van der Waals surface area contributed by atoms with E-state index in [4.69, 9.17) is 9.47 Å². The molecule has 1 saturated heterocycles. The van der Waals surface area contributed by atoms with Crippen molar-refractivity contribution >= 4 is 11.9 Å². The second-order valence-corrected chi connectivity index (χ2v) is 6.14. The van der Waals surface area contributed by atoms with Crippen molar-refractivity contribution in [3.63, 3.8) is 0 Å². The van der Waals surface area contributed by atoms with Crippen LogP contribution in [0.3, 0.4) is 0 Å². The van der Waals surface area contributed by atoms with E-state index in [1.807, 2.05) is 30.0 Å². The molecule has 1 aromatic carbocycles. The van der Waals surface area contributed by atoms with E-state index in [0.717, 1.165) is 56.0 Å². The number of nitrogens with zero attached hydrogens (tertiary/aromatic N) is 2. The van der Waals surface area contributed by atoms with Crippen molar-refractivity contribution < 1.29 is 14.3 Å².